The van der Waals surface area contributed by atoms with Gasteiger partial charge in [0.25, 0.3) is 15.9 Å². The van der Waals surface area contributed by atoms with E-state index in [9.17, 15) is 13.2 Å². The van der Waals surface area contributed by atoms with Crippen molar-refractivity contribution in [3.05, 3.63) is 54.1 Å². The number of anilines is 1. The molecular formula is C20H24N2O4S. The van der Waals surface area contributed by atoms with Gasteiger partial charge >= 0.3 is 0 Å². The SMILES string of the molecule is CCC(C)c1ccc(S(=O)(=O)N2CC(C(=O)NC)Oc3ccccc32)cc1. The zero-order chi connectivity index (χ0) is 19.6. The molecule has 2 unspecified atom stereocenters. The number of benzene rings is 2. The van der Waals surface area contributed by atoms with Crippen molar-refractivity contribution >= 4 is 21.6 Å². The van der Waals surface area contributed by atoms with Crippen LogP contribution < -0.4 is 14.4 Å². The number of hydrogen-bond acceptors (Lipinski definition) is 4. The van der Waals surface area contributed by atoms with Gasteiger partial charge < -0.3 is 10.1 Å². The minimum atomic E-state index is -3.83. The number of fused-ring (bicyclic) bond motifs is 1. The predicted octanol–water partition coefficient (Wildman–Crippen LogP) is 2.90. The van der Waals surface area contributed by atoms with Crippen LogP contribution in [0.1, 0.15) is 31.7 Å². The minimum absolute atomic E-state index is 0.0772. The van der Waals surface area contributed by atoms with Gasteiger partial charge in [-0.1, -0.05) is 38.1 Å². The molecule has 0 fully saturated rings. The van der Waals surface area contributed by atoms with Crippen molar-refractivity contribution in [3.8, 4) is 5.75 Å². The minimum Gasteiger partial charge on any atom is -0.476 e. The highest BCUT2D eigenvalue weighted by molar-refractivity contribution is 7.92. The summed E-state index contributed by atoms with van der Waals surface area (Å²) in [6.07, 6.45) is 0.0792. The summed E-state index contributed by atoms with van der Waals surface area (Å²) in [7, 11) is -2.33. The Bertz CT molecular complexity index is 925. The molecule has 7 heteroatoms. The highest BCUT2D eigenvalue weighted by Crippen LogP contribution is 2.37. The molecular weight excluding hydrogens is 364 g/mol. The lowest BCUT2D eigenvalue weighted by molar-refractivity contribution is -0.127. The van der Waals surface area contributed by atoms with Gasteiger partial charge in [0.05, 0.1) is 17.1 Å². The molecule has 2 atom stereocenters. The van der Waals surface area contributed by atoms with Gasteiger partial charge in [0.1, 0.15) is 5.75 Å². The van der Waals surface area contributed by atoms with E-state index >= 15 is 0 Å². The van der Waals surface area contributed by atoms with E-state index in [-0.39, 0.29) is 17.3 Å². The van der Waals surface area contributed by atoms with E-state index in [4.69, 9.17) is 4.74 Å². The Morgan fingerprint density at radius 3 is 2.52 bits per heavy atom. The van der Waals surface area contributed by atoms with Crippen molar-refractivity contribution in [2.45, 2.75) is 37.2 Å². The maximum Gasteiger partial charge on any atom is 0.264 e. The quantitative estimate of drug-likeness (QED) is 0.855. The summed E-state index contributed by atoms with van der Waals surface area (Å²) in [6.45, 7) is 4.13. The second kappa shape index (κ2) is 7.60. The predicted molar refractivity (Wildman–Crippen MR) is 105 cm³/mol. The average Bonchev–Trinajstić information content (AvgIpc) is 2.71. The van der Waals surface area contributed by atoms with E-state index in [0.29, 0.717) is 17.4 Å². The second-order valence-electron chi connectivity index (χ2n) is 6.60. The molecule has 1 heterocycles. The molecule has 0 radical (unpaired) electrons. The second-order valence-corrected chi connectivity index (χ2v) is 8.47. The van der Waals surface area contributed by atoms with Crippen LogP contribution in [0, 0.1) is 0 Å². The number of likely N-dealkylation sites (N-methyl/N-ethyl adjacent to an activating group) is 1. The molecule has 2 aromatic carbocycles. The van der Waals surface area contributed by atoms with Gasteiger partial charge in [-0.25, -0.2) is 8.42 Å². The lowest BCUT2D eigenvalue weighted by Gasteiger charge is -2.34. The molecule has 1 aliphatic rings. The first-order valence-corrected chi connectivity index (χ1v) is 10.4. The molecule has 0 aromatic heterocycles. The van der Waals surface area contributed by atoms with Crippen LogP contribution in [-0.4, -0.2) is 34.0 Å². The molecule has 1 N–H and O–H groups in total. The first-order chi connectivity index (χ1) is 12.9. The van der Waals surface area contributed by atoms with Gasteiger partial charge in [0.2, 0.25) is 0 Å². The number of para-hydroxylation sites is 2. The van der Waals surface area contributed by atoms with E-state index in [1.165, 1.54) is 11.4 Å². The lowest BCUT2D eigenvalue weighted by Crippen LogP contribution is -2.50. The average molecular weight is 388 g/mol. The first kappa shape index (κ1) is 19.2. The molecule has 0 spiro atoms. The number of nitrogens with one attached hydrogen (secondary N) is 1. The van der Waals surface area contributed by atoms with Gasteiger partial charge in [-0.05, 0) is 42.2 Å². The fourth-order valence-corrected chi connectivity index (χ4v) is 4.53. The third-order valence-corrected chi connectivity index (χ3v) is 6.72. The van der Waals surface area contributed by atoms with Crippen LogP contribution in [0.25, 0.3) is 0 Å². The molecule has 1 amide bonds. The Morgan fingerprint density at radius 1 is 1.22 bits per heavy atom. The summed E-state index contributed by atoms with van der Waals surface area (Å²) in [5.41, 5.74) is 1.53. The summed E-state index contributed by atoms with van der Waals surface area (Å²) in [5.74, 6) is 0.373. The number of hydrogen-bond donors (Lipinski definition) is 1. The molecule has 0 saturated heterocycles. The van der Waals surface area contributed by atoms with E-state index in [1.807, 2.05) is 12.1 Å². The van der Waals surface area contributed by atoms with Crippen molar-refractivity contribution in [2.75, 3.05) is 17.9 Å². The van der Waals surface area contributed by atoms with Crippen molar-refractivity contribution < 1.29 is 17.9 Å². The van der Waals surface area contributed by atoms with Gasteiger partial charge in [-0.3, -0.25) is 9.10 Å². The van der Waals surface area contributed by atoms with Crippen LogP contribution in [-0.2, 0) is 14.8 Å². The fourth-order valence-electron chi connectivity index (χ4n) is 3.06. The summed E-state index contributed by atoms with van der Waals surface area (Å²) in [5, 5.41) is 2.52. The summed E-state index contributed by atoms with van der Waals surface area (Å²) < 4.78 is 33.5. The van der Waals surface area contributed by atoms with Crippen molar-refractivity contribution in [1.82, 2.24) is 5.32 Å². The smallest absolute Gasteiger partial charge is 0.264 e. The van der Waals surface area contributed by atoms with Gasteiger partial charge in [-0.2, -0.15) is 0 Å². The van der Waals surface area contributed by atoms with Gasteiger partial charge in [-0.15, -0.1) is 0 Å². The third-order valence-electron chi connectivity index (χ3n) is 4.92. The van der Waals surface area contributed by atoms with Crippen LogP contribution in [0.15, 0.2) is 53.4 Å². The molecule has 0 bridgehead atoms. The van der Waals surface area contributed by atoms with E-state index in [2.05, 4.69) is 19.2 Å². The third kappa shape index (κ3) is 3.64. The molecule has 0 aliphatic carbocycles. The normalized spacial score (nSPS) is 17.6. The Morgan fingerprint density at radius 2 is 1.89 bits per heavy atom. The van der Waals surface area contributed by atoms with E-state index < -0.39 is 16.1 Å². The lowest BCUT2D eigenvalue weighted by atomic mass is 9.99. The van der Waals surface area contributed by atoms with E-state index in [0.717, 1.165) is 12.0 Å². The Balaban J connectivity index is 2.00. The van der Waals surface area contributed by atoms with Gasteiger partial charge in [0.15, 0.2) is 6.10 Å². The number of amides is 1. The number of carbonyl (C=O) groups is 1. The zero-order valence-corrected chi connectivity index (χ0v) is 16.5. The maximum absolute atomic E-state index is 13.3. The van der Waals surface area contributed by atoms with Gasteiger partial charge in [0, 0.05) is 7.05 Å². The first-order valence-electron chi connectivity index (χ1n) is 8.98. The van der Waals surface area contributed by atoms with Crippen LogP contribution in [0.4, 0.5) is 5.69 Å². The summed E-state index contributed by atoms with van der Waals surface area (Å²) in [4.78, 5) is 12.3. The topological polar surface area (TPSA) is 75.7 Å². The van der Waals surface area contributed by atoms with Crippen molar-refractivity contribution in [3.63, 3.8) is 0 Å². The standard InChI is InChI=1S/C20H24N2O4S/c1-4-14(2)15-9-11-16(12-10-15)27(24,25)22-13-19(20(23)21-3)26-18-8-6-5-7-17(18)22/h5-12,14,19H,4,13H2,1-3H3,(H,21,23). The number of rotatable bonds is 5. The molecule has 0 saturated carbocycles. The Hall–Kier alpha value is -2.54. The maximum atomic E-state index is 13.3. The number of nitrogens with zero attached hydrogens (tertiary/aromatic N) is 1. The molecule has 144 valence electrons. The van der Waals surface area contributed by atoms with Crippen LogP contribution in [0.3, 0.4) is 0 Å². The van der Waals surface area contributed by atoms with Crippen molar-refractivity contribution in [2.24, 2.45) is 0 Å². The number of ether oxygens (including phenoxy) is 1. The molecule has 27 heavy (non-hydrogen) atoms. The van der Waals surface area contributed by atoms with Crippen LogP contribution >= 0.6 is 0 Å². The summed E-state index contributed by atoms with van der Waals surface area (Å²) >= 11 is 0. The largest absolute Gasteiger partial charge is 0.476 e. The Kier molecular flexibility index (Phi) is 5.41. The van der Waals surface area contributed by atoms with Crippen LogP contribution in [0.2, 0.25) is 0 Å². The molecule has 3 rings (SSSR count). The molecule has 6 nitrogen and oxygen atoms in total. The fraction of sp³-hybridized carbons (Fsp3) is 0.350. The molecule has 2 aromatic rings. The highest BCUT2D eigenvalue weighted by atomic mass is 32.2. The molecule has 1 aliphatic heterocycles. The highest BCUT2D eigenvalue weighted by Gasteiger charge is 2.37. The zero-order valence-electron chi connectivity index (χ0n) is 15.7. The summed E-state index contributed by atoms with van der Waals surface area (Å²) in [6, 6.07) is 13.8. The number of carbonyl (C=O) groups excluding carboxylic acids is 1. The van der Waals surface area contributed by atoms with E-state index in [1.54, 1.807) is 36.4 Å². The number of sulfonamides is 1. The van der Waals surface area contributed by atoms with Crippen molar-refractivity contribution in [1.29, 1.82) is 0 Å². The van der Waals surface area contributed by atoms with Crippen LogP contribution in [0.5, 0.6) is 5.75 Å². The monoisotopic (exact) mass is 388 g/mol. The Labute approximate surface area is 160 Å².